The molecule has 2 aromatic carbocycles. The number of aryl methyl sites for hydroxylation is 1. The number of benzene rings is 2. The molecule has 0 fully saturated rings. The van der Waals surface area contributed by atoms with E-state index in [1.165, 1.54) is 11.6 Å². The van der Waals surface area contributed by atoms with Crippen LogP contribution in [0.25, 0.3) is 11.0 Å². The van der Waals surface area contributed by atoms with E-state index in [1.54, 1.807) is 12.1 Å². The lowest BCUT2D eigenvalue weighted by atomic mass is 9.86. The van der Waals surface area contributed by atoms with Crippen molar-refractivity contribution in [3.63, 3.8) is 0 Å². The summed E-state index contributed by atoms with van der Waals surface area (Å²) in [5.41, 5.74) is 3.64. The van der Waals surface area contributed by atoms with Gasteiger partial charge in [0.1, 0.15) is 5.58 Å². The maximum Gasteiger partial charge on any atom is 0.287 e. The third-order valence-electron chi connectivity index (χ3n) is 5.35. The highest BCUT2D eigenvalue weighted by Crippen LogP contribution is 2.25. The number of nitrogens with zero attached hydrogens (tertiary/aromatic N) is 1. The van der Waals surface area contributed by atoms with E-state index in [0.29, 0.717) is 17.5 Å². The first-order valence-electron chi connectivity index (χ1n) is 10.2. The van der Waals surface area contributed by atoms with E-state index in [-0.39, 0.29) is 22.6 Å². The molecule has 5 nitrogen and oxygen atoms in total. The minimum absolute atomic E-state index is 0.00242. The Kier molecular flexibility index (Phi) is 6.13. The van der Waals surface area contributed by atoms with Gasteiger partial charge in [-0.05, 0) is 55.3 Å². The Morgan fingerprint density at radius 2 is 1.73 bits per heavy atom. The van der Waals surface area contributed by atoms with Crippen molar-refractivity contribution in [2.75, 3.05) is 20.6 Å². The number of hydrogen-bond donors (Lipinski definition) is 1. The summed E-state index contributed by atoms with van der Waals surface area (Å²) in [6, 6.07) is 15.1. The standard InChI is InChI=1S/C25H30N2O3/c1-16-7-12-19-21(28)14-23(30-22(19)13-16)24(29)26-15-20(27(5)6)17-8-10-18(11-9-17)25(2,3)4/h7-14,20H,15H2,1-6H3,(H,26,29)/t20-/m1/s1. The minimum Gasteiger partial charge on any atom is -0.451 e. The molecule has 0 aliphatic carbocycles. The van der Waals surface area contributed by atoms with Crippen molar-refractivity contribution in [2.24, 2.45) is 0 Å². The molecule has 158 valence electrons. The molecule has 1 aromatic heterocycles. The molecule has 3 aromatic rings. The summed E-state index contributed by atoms with van der Waals surface area (Å²) in [4.78, 5) is 27.1. The first-order valence-corrected chi connectivity index (χ1v) is 10.2. The highest BCUT2D eigenvalue weighted by molar-refractivity contribution is 5.93. The van der Waals surface area contributed by atoms with E-state index >= 15 is 0 Å². The molecular weight excluding hydrogens is 376 g/mol. The normalized spacial score (nSPS) is 12.9. The molecule has 30 heavy (non-hydrogen) atoms. The number of amides is 1. The van der Waals surface area contributed by atoms with Crippen molar-refractivity contribution in [3.05, 3.63) is 81.2 Å². The molecule has 0 aliphatic heterocycles. The molecule has 0 saturated heterocycles. The first kappa shape index (κ1) is 21.8. The fourth-order valence-corrected chi connectivity index (χ4v) is 3.45. The van der Waals surface area contributed by atoms with Crippen LogP contribution in [0.1, 0.15) is 54.1 Å². The summed E-state index contributed by atoms with van der Waals surface area (Å²) in [6.07, 6.45) is 0. The van der Waals surface area contributed by atoms with Crippen molar-refractivity contribution in [1.29, 1.82) is 0 Å². The van der Waals surface area contributed by atoms with Crippen LogP contribution in [0, 0.1) is 6.92 Å². The molecule has 0 aliphatic rings. The average Bonchev–Trinajstić information content (AvgIpc) is 2.67. The highest BCUT2D eigenvalue weighted by atomic mass is 16.3. The van der Waals surface area contributed by atoms with Crippen LogP contribution in [0.15, 0.2) is 57.7 Å². The van der Waals surface area contributed by atoms with Gasteiger partial charge in [-0.1, -0.05) is 51.1 Å². The zero-order valence-corrected chi connectivity index (χ0v) is 18.6. The van der Waals surface area contributed by atoms with Gasteiger partial charge in [0.15, 0.2) is 11.2 Å². The summed E-state index contributed by atoms with van der Waals surface area (Å²) in [5, 5.41) is 3.39. The largest absolute Gasteiger partial charge is 0.451 e. The maximum absolute atomic E-state index is 12.7. The summed E-state index contributed by atoms with van der Waals surface area (Å²) in [7, 11) is 3.96. The second-order valence-corrected chi connectivity index (χ2v) is 9.04. The van der Waals surface area contributed by atoms with Crippen LogP contribution in [0.2, 0.25) is 0 Å². The lowest BCUT2D eigenvalue weighted by molar-refractivity contribution is 0.0914. The van der Waals surface area contributed by atoms with Gasteiger partial charge in [-0.3, -0.25) is 9.59 Å². The van der Waals surface area contributed by atoms with E-state index in [4.69, 9.17) is 4.42 Å². The molecule has 1 amide bonds. The van der Waals surface area contributed by atoms with E-state index in [2.05, 4.69) is 55.3 Å². The Morgan fingerprint density at radius 1 is 1.07 bits per heavy atom. The first-order chi connectivity index (χ1) is 14.1. The van der Waals surface area contributed by atoms with Crippen LogP contribution in [-0.4, -0.2) is 31.4 Å². The Labute approximate surface area is 177 Å². The number of carbonyl (C=O) groups is 1. The molecule has 0 saturated carbocycles. The maximum atomic E-state index is 12.7. The zero-order valence-electron chi connectivity index (χ0n) is 18.6. The Bertz CT molecular complexity index is 1110. The second kappa shape index (κ2) is 8.44. The summed E-state index contributed by atoms with van der Waals surface area (Å²) < 4.78 is 5.71. The van der Waals surface area contributed by atoms with Gasteiger partial charge in [-0.25, -0.2) is 0 Å². The minimum atomic E-state index is -0.395. The Hall–Kier alpha value is -2.92. The van der Waals surface area contributed by atoms with Gasteiger partial charge in [-0.2, -0.15) is 0 Å². The number of nitrogens with one attached hydrogen (secondary N) is 1. The number of likely N-dealkylation sites (N-methyl/N-ethyl adjacent to an activating group) is 1. The Balaban J connectivity index is 1.79. The SMILES string of the molecule is Cc1ccc2c(=O)cc(C(=O)NC[C@H](c3ccc(C(C)(C)C)cc3)N(C)C)oc2c1. The van der Waals surface area contributed by atoms with Crippen LogP contribution >= 0.6 is 0 Å². The molecular formula is C25H30N2O3. The van der Waals surface area contributed by atoms with Gasteiger partial charge < -0.3 is 14.6 Å². The monoisotopic (exact) mass is 406 g/mol. The summed E-state index contributed by atoms with van der Waals surface area (Å²) >= 11 is 0. The average molecular weight is 407 g/mol. The quantitative estimate of drug-likeness (QED) is 0.681. The molecule has 0 radical (unpaired) electrons. The third kappa shape index (κ3) is 4.79. The van der Waals surface area contributed by atoms with E-state index in [1.807, 2.05) is 27.1 Å². The summed E-state index contributed by atoms with van der Waals surface area (Å²) in [5.74, 6) is -0.368. The molecule has 0 spiro atoms. The summed E-state index contributed by atoms with van der Waals surface area (Å²) in [6.45, 7) is 8.87. The number of fused-ring (bicyclic) bond motifs is 1. The molecule has 1 atom stereocenters. The highest BCUT2D eigenvalue weighted by Gasteiger charge is 2.19. The van der Waals surface area contributed by atoms with Crippen molar-refractivity contribution < 1.29 is 9.21 Å². The van der Waals surface area contributed by atoms with Gasteiger partial charge in [0.2, 0.25) is 0 Å². The molecule has 5 heteroatoms. The third-order valence-corrected chi connectivity index (χ3v) is 5.35. The fraction of sp³-hybridized carbons (Fsp3) is 0.360. The van der Waals surface area contributed by atoms with Crippen molar-refractivity contribution in [2.45, 2.75) is 39.2 Å². The molecule has 0 bridgehead atoms. The van der Waals surface area contributed by atoms with Crippen LogP contribution in [0.5, 0.6) is 0 Å². The fourth-order valence-electron chi connectivity index (χ4n) is 3.45. The number of hydrogen-bond acceptors (Lipinski definition) is 4. The topological polar surface area (TPSA) is 62.6 Å². The van der Waals surface area contributed by atoms with Crippen LogP contribution in [0.4, 0.5) is 0 Å². The zero-order chi connectivity index (χ0) is 22.1. The lowest BCUT2D eigenvalue weighted by Crippen LogP contribution is -2.34. The smallest absolute Gasteiger partial charge is 0.287 e. The predicted octanol–water partition coefficient (Wildman–Crippen LogP) is 4.43. The molecule has 1 N–H and O–H groups in total. The molecule has 0 unspecified atom stereocenters. The van der Waals surface area contributed by atoms with E-state index in [0.717, 1.165) is 11.1 Å². The number of carbonyl (C=O) groups excluding carboxylic acids is 1. The van der Waals surface area contributed by atoms with Crippen molar-refractivity contribution >= 4 is 16.9 Å². The van der Waals surface area contributed by atoms with Gasteiger partial charge in [-0.15, -0.1) is 0 Å². The molecule has 3 rings (SSSR count). The van der Waals surface area contributed by atoms with Gasteiger partial charge in [0, 0.05) is 12.6 Å². The van der Waals surface area contributed by atoms with Crippen molar-refractivity contribution in [3.8, 4) is 0 Å². The van der Waals surface area contributed by atoms with Gasteiger partial charge in [0.25, 0.3) is 5.91 Å². The molecule has 1 heterocycles. The van der Waals surface area contributed by atoms with Gasteiger partial charge >= 0.3 is 0 Å². The second-order valence-electron chi connectivity index (χ2n) is 9.04. The number of rotatable bonds is 5. The van der Waals surface area contributed by atoms with E-state index < -0.39 is 5.91 Å². The van der Waals surface area contributed by atoms with Gasteiger partial charge in [0.05, 0.1) is 11.4 Å². The Morgan fingerprint density at radius 3 is 2.33 bits per heavy atom. The lowest BCUT2D eigenvalue weighted by Gasteiger charge is -2.26. The predicted molar refractivity (Wildman–Crippen MR) is 121 cm³/mol. The van der Waals surface area contributed by atoms with Crippen LogP contribution in [0.3, 0.4) is 0 Å². The van der Waals surface area contributed by atoms with Crippen LogP contribution < -0.4 is 10.7 Å². The van der Waals surface area contributed by atoms with E-state index in [9.17, 15) is 9.59 Å². The van der Waals surface area contributed by atoms with Crippen LogP contribution in [-0.2, 0) is 5.41 Å². The van der Waals surface area contributed by atoms with Crippen molar-refractivity contribution in [1.82, 2.24) is 10.2 Å².